The molecule has 0 radical (unpaired) electrons. The quantitative estimate of drug-likeness (QED) is 0.171. The van der Waals surface area contributed by atoms with Gasteiger partial charge in [-0.1, -0.05) is 40.8 Å². The molecule has 46 heavy (non-hydrogen) atoms. The lowest BCUT2D eigenvalue weighted by atomic mass is 10.1. The fourth-order valence-electron chi connectivity index (χ4n) is 4.97. The van der Waals surface area contributed by atoms with Crippen molar-refractivity contribution in [2.45, 2.75) is 6.54 Å². The molecule has 0 atom stereocenters. The summed E-state index contributed by atoms with van der Waals surface area (Å²) in [7, 11) is 4.63. The number of morpholine rings is 1. The minimum Gasteiger partial charge on any atom is -0.493 e. The lowest BCUT2D eigenvalue weighted by Crippen LogP contribution is -2.35. The Bertz CT molecular complexity index is 1790. The topological polar surface area (TPSA) is 159 Å². The van der Waals surface area contributed by atoms with Crippen LogP contribution in [0.3, 0.4) is 0 Å². The first-order valence-corrected chi connectivity index (χ1v) is 15.2. The van der Waals surface area contributed by atoms with E-state index in [4.69, 9.17) is 29.2 Å². The van der Waals surface area contributed by atoms with Gasteiger partial charge in [0.1, 0.15) is 10.7 Å². The number of nitrogen functional groups attached to an aromatic ring is 1. The molecule has 3 aromatic carbocycles. The van der Waals surface area contributed by atoms with Gasteiger partial charge in [0.15, 0.2) is 16.6 Å². The zero-order chi connectivity index (χ0) is 32.0. The van der Waals surface area contributed by atoms with E-state index in [1.54, 1.807) is 45.6 Å². The molecule has 1 aliphatic heterocycles. The largest absolute Gasteiger partial charge is 0.493 e. The number of nitrogens with two attached hydrogens (primary N) is 1. The molecule has 0 bridgehead atoms. The second kappa shape index (κ2) is 13.9. The molecule has 1 fully saturated rings. The summed E-state index contributed by atoms with van der Waals surface area (Å²) in [5.74, 6) is 2.03. The van der Waals surface area contributed by atoms with Crippen molar-refractivity contribution in [1.82, 2.24) is 20.0 Å². The summed E-state index contributed by atoms with van der Waals surface area (Å²) in [6.45, 7) is 4.15. The van der Waals surface area contributed by atoms with Gasteiger partial charge in [-0.05, 0) is 29.8 Å². The normalized spacial score (nSPS) is 13.3. The Hall–Kier alpha value is -5.18. The van der Waals surface area contributed by atoms with Crippen LogP contribution in [0.5, 0.6) is 17.2 Å². The molecule has 4 N–H and O–H groups in total. The van der Waals surface area contributed by atoms with Crippen LogP contribution in [0.2, 0.25) is 0 Å². The second-order valence-electron chi connectivity index (χ2n) is 10.3. The number of amides is 1. The number of hydrogen-bond acceptors (Lipinski definition) is 13. The predicted octanol–water partition coefficient (Wildman–Crippen LogP) is 5.30. The number of anilines is 4. The Morgan fingerprint density at radius 2 is 1.70 bits per heavy atom. The van der Waals surface area contributed by atoms with Crippen LogP contribution in [0.25, 0.3) is 22.2 Å². The van der Waals surface area contributed by atoms with Gasteiger partial charge in [0.05, 0.1) is 34.5 Å². The average Bonchev–Trinajstić information content (AvgIpc) is 3.71. The fraction of sp³-hybridized carbons (Fsp3) is 0.250. The molecule has 0 unspecified atom stereocenters. The molecule has 2 aromatic heterocycles. The van der Waals surface area contributed by atoms with Crippen LogP contribution in [-0.2, 0) is 11.3 Å². The second-order valence-corrected chi connectivity index (χ2v) is 11.3. The van der Waals surface area contributed by atoms with E-state index in [1.807, 2.05) is 36.4 Å². The number of benzene rings is 3. The molecule has 0 aliphatic carbocycles. The molecule has 13 nitrogen and oxygen atoms in total. The molecule has 0 spiro atoms. The predicted molar refractivity (Wildman–Crippen MR) is 175 cm³/mol. The zero-order valence-electron chi connectivity index (χ0n) is 25.5. The van der Waals surface area contributed by atoms with Crippen LogP contribution < -0.4 is 30.6 Å². The van der Waals surface area contributed by atoms with Gasteiger partial charge in [-0.25, -0.2) is 4.98 Å². The highest BCUT2D eigenvalue weighted by atomic mass is 32.1. The monoisotopic (exact) mass is 643 g/mol. The Labute approximate surface area is 269 Å². The third-order valence-corrected chi connectivity index (χ3v) is 8.27. The number of hydrogen-bond donors (Lipinski definition) is 3. The number of carbonyl (C=O) groups excluding carboxylic acids is 1. The molecular formula is C32H33N7O6S. The summed E-state index contributed by atoms with van der Waals surface area (Å²) < 4.78 is 27.2. The van der Waals surface area contributed by atoms with Crippen LogP contribution in [0.4, 0.5) is 22.3 Å². The van der Waals surface area contributed by atoms with Crippen molar-refractivity contribution < 1.29 is 28.3 Å². The number of rotatable bonds is 11. The fourth-order valence-corrected chi connectivity index (χ4v) is 5.79. The van der Waals surface area contributed by atoms with Crippen molar-refractivity contribution in [2.75, 3.05) is 64.0 Å². The highest BCUT2D eigenvalue weighted by molar-refractivity contribution is 7.19. The summed E-state index contributed by atoms with van der Waals surface area (Å²) in [5.41, 5.74) is 9.86. The number of aromatic nitrogens is 3. The number of nitrogens with one attached hydrogen (secondary N) is 2. The van der Waals surface area contributed by atoms with E-state index in [9.17, 15) is 4.79 Å². The van der Waals surface area contributed by atoms with Crippen LogP contribution in [0, 0.1) is 0 Å². The number of thiazole rings is 1. The van der Waals surface area contributed by atoms with E-state index in [0.717, 1.165) is 38.4 Å². The van der Waals surface area contributed by atoms with Crippen molar-refractivity contribution in [2.24, 2.45) is 0 Å². The standard InChI is InChI=1S/C32H33N7O6S/c1-41-24-16-23(17-25(42-2)26(24)43-3)35-32-36-28(33)27(46-32)31-37-29(38-45-31)21-5-4-6-22(15-21)34-30(40)20-9-7-19(8-10-20)18-39-11-13-44-14-12-39/h4-10,15-17H,11-14,18,33H2,1-3H3,(H,34,40)(H,35,36). The molecular weight excluding hydrogens is 610 g/mol. The number of carbonyl (C=O) groups is 1. The van der Waals surface area contributed by atoms with E-state index in [1.165, 1.54) is 11.3 Å². The van der Waals surface area contributed by atoms with Gasteiger partial charge in [-0.3, -0.25) is 9.69 Å². The molecule has 3 heterocycles. The Kier molecular flexibility index (Phi) is 9.28. The number of nitrogens with zero attached hydrogens (tertiary/aromatic N) is 4. The van der Waals surface area contributed by atoms with Crippen molar-refractivity contribution >= 4 is 39.6 Å². The highest BCUT2D eigenvalue weighted by Gasteiger charge is 2.20. The summed E-state index contributed by atoms with van der Waals surface area (Å²) in [5, 5.41) is 10.8. The molecule has 5 aromatic rings. The van der Waals surface area contributed by atoms with Crippen LogP contribution in [-0.4, -0.2) is 73.6 Å². The van der Waals surface area contributed by atoms with E-state index >= 15 is 0 Å². The maximum absolute atomic E-state index is 13.0. The Balaban J connectivity index is 1.13. The summed E-state index contributed by atoms with van der Waals surface area (Å²) in [6.07, 6.45) is 0. The minimum atomic E-state index is -0.214. The SMILES string of the molecule is COc1cc(Nc2nc(N)c(-c3nc(-c4cccc(NC(=O)c5ccc(CN6CCOCC6)cc5)c4)no3)s2)cc(OC)c1OC. The summed E-state index contributed by atoms with van der Waals surface area (Å²) >= 11 is 1.25. The molecule has 6 rings (SSSR count). The third-order valence-electron chi connectivity index (χ3n) is 7.29. The smallest absolute Gasteiger partial charge is 0.272 e. The van der Waals surface area contributed by atoms with Crippen LogP contribution in [0.15, 0.2) is 65.2 Å². The zero-order valence-corrected chi connectivity index (χ0v) is 26.3. The van der Waals surface area contributed by atoms with E-state index in [2.05, 4.69) is 30.7 Å². The van der Waals surface area contributed by atoms with Crippen molar-refractivity contribution in [3.63, 3.8) is 0 Å². The maximum atomic E-state index is 13.0. The van der Waals surface area contributed by atoms with Gasteiger partial charge >= 0.3 is 0 Å². The maximum Gasteiger partial charge on any atom is 0.272 e. The number of methoxy groups -OCH3 is 3. The first kappa shape index (κ1) is 30.8. The molecule has 238 valence electrons. The first-order chi connectivity index (χ1) is 22.4. The van der Waals surface area contributed by atoms with Crippen molar-refractivity contribution in [1.29, 1.82) is 0 Å². The van der Waals surface area contributed by atoms with Gasteiger partial charge in [0, 0.05) is 54.3 Å². The van der Waals surface area contributed by atoms with Crippen molar-refractivity contribution in [3.8, 4) is 39.4 Å². The molecule has 1 aliphatic rings. The van der Waals surface area contributed by atoms with E-state index in [0.29, 0.717) is 55.6 Å². The summed E-state index contributed by atoms with van der Waals surface area (Å²) in [6, 6.07) is 18.4. The summed E-state index contributed by atoms with van der Waals surface area (Å²) in [4.78, 5) is 24.8. The van der Waals surface area contributed by atoms with Gasteiger partial charge in [0.2, 0.25) is 11.6 Å². The van der Waals surface area contributed by atoms with Gasteiger partial charge in [-0.15, -0.1) is 0 Å². The van der Waals surface area contributed by atoms with Gasteiger partial charge in [0.25, 0.3) is 11.8 Å². The van der Waals surface area contributed by atoms with Crippen LogP contribution >= 0.6 is 11.3 Å². The lowest BCUT2D eigenvalue weighted by molar-refractivity contribution is 0.0342. The molecule has 14 heteroatoms. The van der Waals surface area contributed by atoms with Crippen molar-refractivity contribution in [3.05, 3.63) is 71.8 Å². The van der Waals surface area contributed by atoms with Gasteiger partial charge in [-0.2, -0.15) is 4.98 Å². The molecule has 0 saturated carbocycles. The van der Waals surface area contributed by atoms with Crippen LogP contribution in [0.1, 0.15) is 15.9 Å². The highest BCUT2D eigenvalue weighted by Crippen LogP contribution is 2.42. The minimum absolute atomic E-state index is 0.214. The van der Waals surface area contributed by atoms with E-state index in [-0.39, 0.29) is 17.6 Å². The van der Waals surface area contributed by atoms with Gasteiger partial charge < -0.3 is 39.8 Å². The third kappa shape index (κ3) is 6.88. The average molecular weight is 644 g/mol. The van der Waals surface area contributed by atoms with E-state index < -0.39 is 0 Å². The molecule has 1 saturated heterocycles. The first-order valence-electron chi connectivity index (χ1n) is 14.4. The molecule has 1 amide bonds. The Morgan fingerprint density at radius 3 is 2.39 bits per heavy atom. The number of ether oxygens (including phenoxy) is 4. The Morgan fingerprint density at radius 1 is 0.957 bits per heavy atom. The lowest BCUT2D eigenvalue weighted by Gasteiger charge is -2.26.